The molecule has 0 bridgehead atoms. The monoisotopic (exact) mass is 346 g/mol. The minimum absolute atomic E-state index is 0.0771. The molecule has 0 aliphatic rings. The second-order valence-corrected chi connectivity index (χ2v) is 5.23. The molecule has 1 rings (SSSR count). The smallest absolute Gasteiger partial charge is 0.325 e. The van der Waals surface area contributed by atoms with Gasteiger partial charge in [0.05, 0.1) is 29.2 Å². The molecule has 0 amide bonds. The highest BCUT2D eigenvalue weighted by Crippen LogP contribution is 2.29. The van der Waals surface area contributed by atoms with Crippen LogP contribution in [0.2, 0.25) is 0 Å². The number of nitro benzene ring substituents is 1. The van der Waals surface area contributed by atoms with Gasteiger partial charge in [0.15, 0.2) is 0 Å². The van der Waals surface area contributed by atoms with Crippen molar-refractivity contribution in [2.75, 3.05) is 13.7 Å². The summed E-state index contributed by atoms with van der Waals surface area (Å²) in [4.78, 5) is 21.6. The van der Waals surface area contributed by atoms with Crippen molar-refractivity contribution < 1.29 is 19.2 Å². The van der Waals surface area contributed by atoms with Crippen molar-refractivity contribution in [3.63, 3.8) is 0 Å². The molecule has 1 atom stereocenters. The third-order valence-corrected chi connectivity index (χ3v) is 3.31. The number of benzene rings is 1. The Balaban J connectivity index is 2.69. The molecule has 0 radical (unpaired) electrons. The first-order valence-electron chi connectivity index (χ1n) is 5.72. The zero-order chi connectivity index (χ0) is 15.3. The Bertz CT molecular complexity index is 519. The number of nitro groups is 1. The summed E-state index contributed by atoms with van der Waals surface area (Å²) in [5, 5.41) is 10.7. The highest BCUT2D eigenvalue weighted by molar-refractivity contribution is 9.10. The summed E-state index contributed by atoms with van der Waals surface area (Å²) in [5.41, 5.74) is 4.53. The fourth-order valence-corrected chi connectivity index (χ4v) is 1.79. The van der Waals surface area contributed by atoms with Crippen LogP contribution in [0.25, 0.3) is 0 Å². The number of hydrogen-bond donors (Lipinski definition) is 1. The second kappa shape index (κ2) is 6.67. The van der Waals surface area contributed by atoms with E-state index in [0.717, 1.165) is 0 Å². The van der Waals surface area contributed by atoms with Crippen LogP contribution < -0.4 is 10.5 Å². The number of esters is 1. The van der Waals surface area contributed by atoms with Gasteiger partial charge in [0.1, 0.15) is 11.3 Å². The van der Waals surface area contributed by atoms with Crippen LogP contribution in [0.5, 0.6) is 5.75 Å². The van der Waals surface area contributed by atoms with Gasteiger partial charge in [-0.15, -0.1) is 0 Å². The lowest BCUT2D eigenvalue weighted by Gasteiger charge is -2.21. The first-order chi connectivity index (χ1) is 9.27. The van der Waals surface area contributed by atoms with E-state index in [0.29, 0.717) is 10.2 Å². The molecular formula is C12H15BrN2O5. The quantitative estimate of drug-likeness (QED) is 0.480. The van der Waals surface area contributed by atoms with E-state index in [1.807, 2.05) is 0 Å². The summed E-state index contributed by atoms with van der Waals surface area (Å²) in [5.74, 6) is -0.223. The molecule has 0 aliphatic carbocycles. The average Bonchev–Trinajstić information content (AvgIpc) is 2.39. The van der Waals surface area contributed by atoms with E-state index in [-0.39, 0.29) is 18.7 Å². The Morgan fingerprint density at radius 2 is 2.20 bits per heavy atom. The largest absolute Gasteiger partial charge is 0.492 e. The van der Waals surface area contributed by atoms with Crippen molar-refractivity contribution in [1.29, 1.82) is 0 Å². The van der Waals surface area contributed by atoms with Crippen molar-refractivity contribution in [3.8, 4) is 5.75 Å². The van der Waals surface area contributed by atoms with Crippen molar-refractivity contribution in [2.45, 2.75) is 18.9 Å². The van der Waals surface area contributed by atoms with Crippen LogP contribution in [0.3, 0.4) is 0 Å². The zero-order valence-electron chi connectivity index (χ0n) is 11.1. The molecule has 0 heterocycles. The summed E-state index contributed by atoms with van der Waals surface area (Å²) in [6.07, 6.45) is 0.217. The molecule has 20 heavy (non-hydrogen) atoms. The molecule has 1 aromatic rings. The number of hydrogen-bond acceptors (Lipinski definition) is 6. The van der Waals surface area contributed by atoms with Crippen molar-refractivity contribution in [1.82, 2.24) is 0 Å². The normalized spacial score (nSPS) is 13.4. The van der Waals surface area contributed by atoms with Gasteiger partial charge >= 0.3 is 5.97 Å². The van der Waals surface area contributed by atoms with E-state index in [1.165, 1.54) is 32.2 Å². The number of nitrogens with two attached hydrogens (primary N) is 1. The van der Waals surface area contributed by atoms with Crippen LogP contribution in [0.1, 0.15) is 13.3 Å². The summed E-state index contributed by atoms with van der Waals surface area (Å²) in [6, 6.07) is 4.18. The number of methoxy groups -OCH3 is 1. The maximum atomic E-state index is 11.4. The van der Waals surface area contributed by atoms with Crippen LogP contribution in [0.15, 0.2) is 22.7 Å². The molecular weight excluding hydrogens is 332 g/mol. The van der Waals surface area contributed by atoms with Gasteiger partial charge in [-0.1, -0.05) is 0 Å². The van der Waals surface area contributed by atoms with Gasteiger partial charge in [-0.2, -0.15) is 0 Å². The van der Waals surface area contributed by atoms with Crippen LogP contribution in [-0.4, -0.2) is 30.1 Å². The summed E-state index contributed by atoms with van der Waals surface area (Å²) in [6.45, 7) is 1.66. The first-order valence-corrected chi connectivity index (χ1v) is 6.51. The predicted octanol–water partition coefficient (Wildman–Crippen LogP) is 2.02. The Morgan fingerprint density at radius 3 is 2.75 bits per heavy atom. The Morgan fingerprint density at radius 1 is 1.55 bits per heavy atom. The average molecular weight is 347 g/mol. The highest BCUT2D eigenvalue weighted by atomic mass is 79.9. The maximum absolute atomic E-state index is 11.4. The van der Waals surface area contributed by atoms with Crippen molar-refractivity contribution in [3.05, 3.63) is 32.8 Å². The van der Waals surface area contributed by atoms with E-state index in [9.17, 15) is 14.9 Å². The van der Waals surface area contributed by atoms with Gasteiger partial charge < -0.3 is 15.2 Å². The molecule has 0 aliphatic heterocycles. The van der Waals surface area contributed by atoms with Gasteiger partial charge in [0.25, 0.3) is 5.69 Å². The van der Waals surface area contributed by atoms with Crippen LogP contribution in [0, 0.1) is 10.1 Å². The number of rotatable bonds is 6. The van der Waals surface area contributed by atoms with E-state index in [1.54, 1.807) is 0 Å². The lowest BCUT2D eigenvalue weighted by atomic mass is 10.0. The lowest BCUT2D eigenvalue weighted by Crippen LogP contribution is -2.46. The molecule has 1 aromatic carbocycles. The van der Waals surface area contributed by atoms with Gasteiger partial charge in [-0.05, 0) is 28.9 Å². The van der Waals surface area contributed by atoms with E-state index >= 15 is 0 Å². The van der Waals surface area contributed by atoms with Gasteiger partial charge in [-0.25, -0.2) is 0 Å². The number of non-ortho nitro benzene ring substituents is 1. The Labute approximate surface area is 124 Å². The molecule has 0 saturated heterocycles. The SMILES string of the molecule is COC(=O)C(C)(N)CCOc1cc([N+](=O)[O-])ccc1Br. The first kappa shape index (κ1) is 16.4. The van der Waals surface area contributed by atoms with Gasteiger partial charge in [-0.3, -0.25) is 14.9 Å². The van der Waals surface area contributed by atoms with E-state index < -0.39 is 16.4 Å². The van der Waals surface area contributed by atoms with Crippen LogP contribution >= 0.6 is 15.9 Å². The predicted molar refractivity (Wildman–Crippen MR) is 75.5 cm³/mol. The number of ether oxygens (including phenoxy) is 2. The third kappa shape index (κ3) is 4.17. The fraction of sp³-hybridized carbons (Fsp3) is 0.417. The van der Waals surface area contributed by atoms with Crippen molar-refractivity contribution in [2.24, 2.45) is 5.73 Å². The molecule has 0 spiro atoms. The molecule has 1 unspecified atom stereocenters. The van der Waals surface area contributed by atoms with Gasteiger partial charge in [0, 0.05) is 12.5 Å². The maximum Gasteiger partial charge on any atom is 0.325 e. The number of carbonyl (C=O) groups is 1. The second-order valence-electron chi connectivity index (χ2n) is 4.38. The Kier molecular flexibility index (Phi) is 5.46. The zero-order valence-corrected chi connectivity index (χ0v) is 12.7. The summed E-state index contributed by atoms with van der Waals surface area (Å²) in [7, 11) is 1.26. The van der Waals surface area contributed by atoms with Gasteiger partial charge in [0.2, 0.25) is 0 Å². The molecule has 8 heteroatoms. The molecule has 2 N–H and O–H groups in total. The summed E-state index contributed by atoms with van der Waals surface area (Å²) < 4.78 is 10.6. The highest BCUT2D eigenvalue weighted by Gasteiger charge is 2.29. The Hall–Kier alpha value is -1.67. The minimum atomic E-state index is -1.16. The molecule has 0 aromatic heterocycles. The van der Waals surface area contributed by atoms with Crippen LogP contribution in [0.4, 0.5) is 5.69 Å². The fourth-order valence-electron chi connectivity index (χ4n) is 1.42. The molecule has 110 valence electrons. The standard InChI is InChI=1S/C12H15BrN2O5/c1-12(14,11(16)19-2)5-6-20-10-7-8(15(17)18)3-4-9(10)13/h3-4,7H,5-6,14H2,1-2H3. The third-order valence-electron chi connectivity index (χ3n) is 2.66. The number of carbonyl (C=O) groups excluding carboxylic acids is 1. The lowest BCUT2D eigenvalue weighted by molar-refractivity contribution is -0.385. The minimum Gasteiger partial charge on any atom is -0.492 e. The summed E-state index contributed by atoms with van der Waals surface area (Å²) >= 11 is 3.23. The number of nitrogens with zero attached hydrogens (tertiary/aromatic N) is 1. The number of halogens is 1. The van der Waals surface area contributed by atoms with Crippen LogP contribution in [-0.2, 0) is 9.53 Å². The molecule has 0 saturated carbocycles. The molecule has 0 fully saturated rings. The van der Waals surface area contributed by atoms with E-state index in [2.05, 4.69) is 20.7 Å². The van der Waals surface area contributed by atoms with Crippen molar-refractivity contribution >= 4 is 27.6 Å². The molecule has 7 nitrogen and oxygen atoms in total. The topological polar surface area (TPSA) is 105 Å². The van der Waals surface area contributed by atoms with E-state index in [4.69, 9.17) is 10.5 Å².